The van der Waals surface area contributed by atoms with E-state index in [1.165, 1.54) is 6.92 Å². The van der Waals surface area contributed by atoms with Gasteiger partial charge in [-0.1, -0.05) is 6.92 Å². The van der Waals surface area contributed by atoms with E-state index in [1.54, 1.807) is 23.6 Å². The van der Waals surface area contributed by atoms with Gasteiger partial charge in [0.05, 0.1) is 19.1 Å². The van der Waals surface area contributed by atoms with Crippen molar-refractivity contribution in [3.05, 3.63) is 0 Å². The van der Waals surface area contributed by atoms with E-state index in [0.29, 0.717) is 13.2 Å². The first-order chi connectivity index (χ1) is 10.4. The van der Waals surface area contributed by atoms with Crippen molar-refractivity contribution >= 4 is 29.6 Å². The SMILES string of the molecule is CCOC(=O)[C@@H]1[C@H](C)CSC23C(COC(C)=O)CC2C(=O)N13. The Bertz CT molecular complexity index is 524. The van der Waals surface area contributed by atoms with Crippen LogP contribution in [0.25, 0.3) is 0 Å². The van der Waals surface area contributed by atoms with Crippen molar-refractivity contribution in [3.63, 3.8) is 0 Å². The number of carbonyl (C=O) groups excluding carboxylic acids is 3. The molecule has 0 radical (unpaired) electrons. The van der Waals surface area contributed by atoms with Crippen LogP contribution in [-0.4, -0.2) is 52.6 Å². The first kappa shape index (κ1) is 15.6. The molecular weight excluding hydrogens is 306 g/mol. The molecule has 0 aromatic heterocycles. The highest BCUT2D eigenvalue weighted by Gasteiger charge is 2.75. The summed E-state index contributed by atoms with van der Waals surface area (Å²) in [6, 6.07) is -0.509. The van der Waals surface area contributed by atoms with E-state index in [2.05, 4.69) is 0 Å². The normalized spacial score (nSPS) is 39.0. The van der Waals surface area contributed by atoms with Gasteiger partial charge in [-0.05, 0) is 19.3 Å². The number of esters is 2. The molecule has 1 spiro atoms. The molecule has 2 heterocycles. The minimum Gasteiger partial charge on any atom is -0.465 e. The van der Waals surface area contributed by atoms with Crippen LogP contribution in [0.1, 0.15) is 27.2 Å². The number of β-lactam (4-membered cyclic amide) rings is 1. The molecule has 3 aliphatic rings. The quantitative estimate of drug-likeness (QED) is 0.567. The van der Waals surface area contributed by atoms with Crippen molar-refractivity contribution in [1.82, 2.24) is 4.90 Å². The van der Waals surface area contributed by atoms with Crippen molar-refractivity contribution in [1.29, 1.82) is 0 Å². The van der Waals surface area contributed by atoms with Gasteiger partial charge in [0, 0.05) is 18.6 Å². The molecule has 3 fully saturated rings. The van der Waals surface area contributed by atoms with Gasteiger partial charge in [0.2, 0.25) is 5.91 Å². The van der Waals surface area contributed by atoms with Crippen molar-refractivity contribution in [3.8, 4) is 0 Å². The Morgan fingerprint density at radius 3 is 2.77 bits per heavy atom. The van der Waals surface area contributed by atoms with Gasteiger partial charge in [-0.25, -0.2) is 4.79 Å². The van der Waals surface area contributed by atoms with E-state index in [0.717, 1.165) is 12.2 Å². The molecule has 1 saturated carbocycles. The molecule has 1 amide bonds. The summed E-state index contributed by atoms with van der Waals surface area (Å²) >= 11 is 1.73. The number of piperidine rings is 1. The lowest BCUT2D eigenvalue weighted by Gasteiger charge is -2.71. The zero-order valence-electron chi connectivity index (χ0n) is 13.0. The second kappa shape index (κ2) is 5.44. The molecule has 5 atom stereocenters. The van der Waals surface area contributed by atoms with Crippen LogP contribution in [0.4, 0.5) is 0 Å². The number of hydrogen-bond acceptors (Lipinski definition) is 6. The fraction of sp³-hybridized carbons (Fsp3) is 0.800. The monoisotopic (exact) mass is 327 g/mol. The van der Waals surface area contributed by atoms with E-state index in [4.69, 9.17) is 9.47 Å². The first-order valence-corrected chi connectivity index (χ1v) is 8.69. The Labute approximate surface area is 133 Å². The average molecular weight is 327 g/mol. The standard InChI is InChI=1S/C15H21NO5S/c1-4-20-14(19)12-8(2)7-22-15-10(6-21-9(3)17)5-11(15)13(18)16(12)15/h8,10-12H,4-7H2,1-3H3/t8-,10?,11?,12+,15?/m1/s1. The predicted octanol–water partition coefficient (Wildman–Crippen LogP) is 1.04. The Kier molecular flexibility index (Phi) is 3.87. The van der Waals surface area contributed by atoms with Crippen LogP contribution in [0, 0.1) is 17.8 Å². The van der Waals surface area contributed by atoms with Gasteiger partial charge in [0.15, 0.2) is 0 Å². The molecule has 22 heavy (non-hydrogen) atoms. The van der Waals surface area contributed by atoms with Crippen molar-refractivity contribution < 1.29 is 23.9 Å². The summed E-state index contributed by atoms with van der Waals surface area (Å²) in [5.74, 6) is 0.342. The third-order valence-electron chi connectivity index (χ3n) is 4.93. The van der Waals surface area contributed by atoms with Crippen molar-refractivity contribution in [2.45, 2.75) is 38.1 Å². The van der Waals surface area contributed by atoms with Gasteiger partial charge in [0.1, 0.15) is 10.9 Å². The van der Waals surface area contributed by atoms with Crippen LogP contribution in [0.3, 0.4) is 0 Å². The number of nitrogens with zero attached hydrogens (tertiary/aromatic N) is 1. The van der Waals surface area contributed by atoms with Crippen LogP contribution in [-0.2, 0) is 23.9 Å². The van der Waals surface area contributed by atoms with E-state index < -0.39 is 6.04 Å². The maximum atomic E-state index is 12.4. The van der Waals surface area contributed by atoms with Gasteiger partial charge in [0.25, 0.3) is 0 Å². The van der Waals surface area contributed by atoms with Gasteiger partial charge in [-0.3, -0.25) is 9.59 Å². The Hall–Kier alpha value is -1.24. The lowest BCUT2D eigenvalue weighted by molar-refractivity contribution is -0.209. The smallest absolute Gasteiger partial charge is 0.329 e. The van der Waals surface area contributed by atoms with Gasteiger partial charge >= 0.3 is 11.9 Å². The molecule has 0 N–H and O–H groups in total. The highest BCUT2D eigenvalue weighted by Crippen LogP contribution is 2.66. The van der Waals surface area contributed by atoms with Crippen molar-refractivity contribution in [2.75, 3.05) is 19.0 Å². The highest BCUT2D eigenvalue weighted by molar-refractivity contribution is 8.00. The molecule has 3 unspecified atom stereocenters. The molecule has 122 valence electrons. The van der Waals surface area contributed by atoms with E-state index in [-0.39, 0.29) is 40.5 Å². The Morgan fingerprint density at radius 2 is 2.14 bits per heavy atom. The Morgan fingerprint density at radius 1 is 1.41 bits per heavy atom. The van der Waals surface area contributed by atoms with Crippen LogP contribution < -0.4 is 0 Å². The summed E-state index contributed by atoms with van der Waals surface area (Å²) in [5, 5.41) is 0. The third-order valence-corrected chi connectivity index (χ3v) is 6.90. The third kappa shape index (κ3) is 1.97. The lowest BCUT2D eigenvalue weighted by atomic mass is 9.60. The minimum atomic E-state index is -0.509. The zero-order chi connectivity index (χ0) is 16.1. The number of thioether (sulfide) groups is 1. The summed E-state index contributed by atoms with van der Waals surface area (Å²) in [5.41, 5.74) is 0. The van der Waals surface area contributed by atoms with Crippen LogP contribution in [0.2, 0.25) is 0 Å². The van der Waals surface area contributed by atoms with Gasteiger partial charge < -0.3 is 14.4 Å². The number of amides is 1. The van der Waals surface area contributed by atoms with E-state index in [1.807, 2.05) is 6.92 Å². The summed E-state index contributed by atoms with van der Waals surface area (Å²) in [7, 11) is 0. The number of hydrogen-bond donors (Lipinski definition) is 0. The highest BCUT2D eigenvalue weighted by atomic mass is 32.2. The summed E-state index contributed by atoms with van der Waals surface area (Å²) < 4.78 is 10.3. The van der Waals surface area contributed by atoms with Gasteiger partial charge in [-0.15, -0.1) is 11.8 Å². The Balaban J connectivity index is 1.80. The second-order valence-electron chi connectivity index (χ2n) is 6.23. The maximum absolute atomic E-state index is 12.4. The van der Waals surface area contributed by atoms with Gasteiger partial charge in [-0.2, -0.15) is 0 Å². The van der Waals surface area contributed by atoms with E-state index in [9.17, 15) is 14.4 Å². The number of ether oxygens (including phenoxy) is 2. The first-order valence-electron chi connectivity index (χ1n) is 7.70. The minimum absolute atomic E-state index is 0.0381. The largest absolute Gasteiger partial charge is 0.465 e. The summed E-state index contributed by atoms with van der Waals surface area (Å²) in [6.07, 6.45) is 0.736. The lowest BCUT2D eigenvalue weighted by Crippen LogP contribution is -2.84. The van der Waals surface area contributed by atoms with Crippen LogP contribution in [0.5, 0.6) is 0 Å². The molecule has 0 aromatic carbocycles. The molecule has 3 rings (SSSR count). The molecule has 0 aromatic rings. The second-order valence-corrected chi connectivity index (χ2v) is 7.51. The molecule has 2 aliphatic heterocycles. The molecule has 0 bridgehead atoms. The summed E-state index contributed by atoms with van der Waals surface area (Å²) in [6.45, 7) is 5.75. The van der Waals surface area contributed by atoms with Crippen molar-refractivity contribution in [2.24, 2.45) is 17.8 Å². The molecule has 6 nitrogen and oxygen atoms in total. The molecule has 1 aliphatic carbocycles. The number of rotatable bonds is 4. The fourth-order valence-corrected chi connectivity index (χ4v) is 5.74. The summed E-state index contributed by atoms with van der Waals surface area (Å²) in [4.78, 5) is 37.1. The van der Waals surface area contributed by atoms with Crippen LogP contribution in [0.15, 0.2) is 0 Å². The molecular formula is C15H21NO5S. The van der Waals surface area contributed by atoms with Crippen LogP contribution >= 0.6 is 11.8 Å². The average Bonchev–Trinajstić information content (AvgIpc) is 2.45. The topological polar surface area (TPSA) is 72.9 Å². The molecule has 7 heteroatoms. The molecule has 2 saturated heterocycles. The van der Waals surface area contributed by atoms with E-state index >= 15 is 0 Å². The number of carbonyl (C=O) groups is 3. The predicted molar refractivity (Wildman–Crippen MR) is 79.9 cm³/mol. The zero-order valence-corrected chi connectivity index (χ0v) is 13.9. The maximum Gasteiger partial charge on any atom is 0.329 e. The fourth-order valence-electron chi connectivity index (χ4n) is 3.89.